The normalized spacial score (nSPS) is 11.0. The van der Waals surface area contributed by atoms with Crippen molar-refractivity contribution in [3.8, 4) is 28.4 Å². The Morgan fingerprint density at radius 3 is 1.68 bits per heavy atom. The number of pyridine rings is 1. The van der Waals surface area contributed by atoms with Gasteiger partial charge in [0.05, 0.1) is 11.4 Å². The van der Waals surface area contributed by atoms with E-state index in [1.165, 1.54) is 30.3 Å². The molecule has 0 aliphatic heterocycles. The molecule has 0 aliphatic carbocycles. The summed E-state index contributed by atoms with van der Waals surface area (Å²) in [6.45, 7) is 0. The highest BCUT2D eigenvalue weighted by Crippen LogP contribution is 2.31. The van der Waals surface area contributed by atoms with Crippen LogP contribution in [0.25, 0.3) is 33.7 Å². The lowest BCUT2D eigenvalue weighted by Gasteiger charge is -2.10. The van der Waals surface area contributed by atoms with Gasteiger partial charge >= 0.3 is 0 Å². The molecule has 25 heavy (non-hydrogen) atoms. The third-order valence-corrected chi connectivity index (χ3v) is 3.75. The predicted molar refractivity (Wildman–Crippen MR) is 89.8 cm³/mol. The van der Waals surface area contributed by atoms with Gasteiger partial charge in [-0.25, -0.2) is 18.7 Å². The first kappa shape index (κ1) is 15.1. The molecule has 122 valence electrons. The van der Waals surface area contributed by atoms with Crippen molar-refractivity contribution in [2.75, 3.05) is 0 Å². The monoisotopic (exact) mass is 335 g/mol. The van der Waals surface area contributed by atoms with E-state index in [0.717, 1.165) is 0 Å². The Kier molecular flexibility index (Phi) is 3.57. The molecule has 4 nitrogen and oxygen atoms in total. The van der Waals surface area contributed by atoms with E-state index in [-0.39, 0.29) is 23.2 Å². The molecule has 2 aromatic heterocycles. The number of fused-ring (bicyclic) bond motifs is 1. The van der Waals surface area contributed by atoms with Gasteiger partial charge in [-0.15, -0.1) is 0 Å². The van der Waals surface area contributed by atoms with Crippen LogP contribution in [0.1, 0.15) is 0 Å². The molecule has 0 saturated heterocycles. The van der Waals surface area contributed by atoms with Crippen LogP contribution in [0.3, 0.4) is 0 Å². The van der Waals surface area contributed by atoms with Crippen LogP contribution in [-0.4, -0.2) is 20.1 Å². The van der Waals surface area contributed by atoms with Crippen molar-refractivity contribution >= 4 is 11.2 Å². The highest BCUT2D eigenvalue weighted by Gasteiger charge is 2.14. The topological polar surface area (TPSA) is 58.9 Å². The molecule has 4 aromatic rings. The third kappa shape index (κ3) is 2.89. The molecule has 0 unspecified atom stereocenters. The van der Waals surface area contributed by atoms with Crippen LogP contribution in [0.15, 0.2) is 60.7 Å². The zero-order chi connectivity index (χ0) is 17.4. The summed E-state index contributed by atoms with van der Waals surface area (Å²) in [5, 5.41) is 9.57. The molecule has 6 heteroatoms. The molecular formula is C19H11F2N3O. The zero-order valence-corrected chi connectivity index (χ0v) is 12.8. The second-order valence-electron chi connectivity index (χ2n) is 5.45. The fourth-order valence-electron chi connectivity index (χ4n) is 2.55. The van der Waals surface area contributed by atoms with Crippen molar-refractivity contribution in [1.82, 2.24) is 15.0 Å². The molecule has 0 radical (unpaired) electrons. The first-order valence-electron chi connectivity index (χ1n) is 7.50. The van der Waals surface area contributed by atoms with Gasteiger partial charge in [-0.05, 0) is 54.6 Å². The summed E-state index contributed by atoms with van der Waals surface area (Å²) in [7, 11) is 0. The molecule has 0 atom stereocenters. The Morgan fingerprint density at radius 2 is 1.12 bits per heavy atom. The quantitative estimate of drug-likeness (QED) is 0.592. The fraction of sp³-hybridized carbons (Fsp3) is 0. The maximum atomic E-state index is 13.3. The van der Waals surface area contributed by atoms with Crippen molar-refractivity contribution in [3.05, 3.63) is 72.3 Å². The molecule has 2 heterocycles. The van der Waals surface area contributed by atoms with E-state index in [0.29, 0.717) is 28.0 Å². The molecular weight excluding hydrogens is 324 g/mol. The third-order valence-electron chi connectivity index (χ3n) is 3.75. The summed E-state index contributed by atoms with van der Waals surface area (Å²) in [4.78, 5) is 13.0. The number of aromatic nitrogens is 3. The van der Waals surface area contributed by atoms with Crippen LogP contribution in [0.5, 0.6) is 5.88 Å². The standard InChI is InChI=1S/C19H11F2N3O/c20-13-5-1-11(2-6-13)17-18(12-3-7-14(21)8-4-12)24-19-15(22-17)9-10-16(25)23-19/h1-10H,(H,23,24,25). The lowest BCUT2D eigenvalue weighted by Crippen LogP contribution is -1.97. The molecule has 0 fully saturated rings. The highest BCUT2D eigenvalue weighted by molar-refractivity contribution is 5.84. The van der Waals surface area contributed by atoms with Crippen LogP contribution >= 0.6 is 0 Å². The average molecular weight is 335 g/mol. The summed E-state index contributed by atoms with van der Waals surface area (Å²) in [6.07, 6.45) is 0. The molecule has 2 aromatic carbocycles. The first-order valence-corrected chi connectivity index (χ1v) is 7.50. The van der Waals surface area contributed by atoms with Crippen LogP contribution in [0.2, 0.25) is 0 Å². The maximum absolute atomic E-state index is 13.3. The van der Waals surface area contributed by atoms with Crippen LogP contribution in [0, 0.1) is 11.6 Å². The van der Waals surface area contributed by atoms with Crippen molar-refractivity contribution in [2.24, 2.45) is 0 Å². The number of nitrogens with zero attached hydrogens (tertiary/aromatic N) is 3. The van der Waals surface area contributed by atoms with Crippen molar-refractivity contribution in [2.45, 2.75) is 0 Å². The molecule has 0 bridgehead atoms. The largest absolute Gasteiger partial charge is 0.493 e. The summed E-state index contributed by atoms with van der Waals surface area (Å²) in [5.41, 5.74) is 3.06. The minimum Gasteiger partial charge on any atom is -0.493 e. The average Bonchev–Trinajstić information content (AvgIpc) is 2.62. The fourth-order valence-corrected chi connectivity index (χ4v) is 2.55. The van der Waals surface area contributed by atoms with Gasteiger partial charge in [-0.1, -0.05) is 0 Å². The van der Waals surface area contributed by atoms with Crippen LogP contribution < -0.4 is 0 Å². The first-order chi connectivity index (χ1) is 12.1. The molecule has 0 saturated carbocycles. The van der Waals surface area contributed by atoms with E-state index < -0.39 is 0 Å². The number of hydrogen-bond acceptors (Lipinski definition) is 4. The molecule has 1 N–H and O–H groups in total. The lowest BCUT2D eigenvalue weighted by atomic mass is 10.0. The summed E-state index contributed by atoms with van der Waals surface area (Å²) in [5.74, 6) is -0.884. The molecule has 0 amide bonds. The van der Waals surface area contributed by atoms with E-state index in [1.54, 1.807) is 30.3 Å². The van der Waals surface area contributed by atoms with Gasteiger partial charge in [0.2, 0.25) is 5.88 Å². The van der Waals surface area contributed by atoms with Gasteiger partial charge in [0.1, 0.15) is 17.2 Å². The van der Waals surface area contributed by atoms with Gasteiger partial charge in [-0.2, -0.15) is 4.98 Å². The van der Waals surface area contributed by atoms with Gasteiger partial charge in [-0.3, -0.25) is 0 Å². The Morgan fingerprint density at radius 1 is 0.600 bits per heavy atom. The zero-order valence-electron chi connectivity index (χ0n) is 12.8. The minimum absolute atomic E-state index is 0.165. The molecule has 0 spiro atoms. The van der Waals surface area contributed by atoms with Crippen molar-refractivity contribution in [3.63, 3.8) is 0 Å². The van der Waals surface area contributed by atoms with Crippen molar-refractivity contribution in [1.29, 1.82) is 0 Å². The van der Waals surface area contributed by atoms with Gasteiger partial charge in [0, 0.05) is 17.2 Å². The second kappa shape index (κ2) is 5.90. The summed E-state index contributed by atoms with van der Waals surface area (Å²) in [6, 6.07) is 14.7. The van der Waals surface area contributed by atoms with E-state index in [4.69, 9.17) is 0 Å². The Balaban J connectivity index is 2.01. The van der Waals surface area contributed by atoms with E-state index in [2.05, 4.69) is 15.0 Å². The smallest absolute Gasteiger partial charge is 0.212 e. The van der Waals surface area contributed by atoms with Gasteiger partial charge < -0.3 is 5.11 Å². The maximum Gasteiger partial charge on any atom is 0.212 e. The predicted octanol–water partition coefficient (Wildman–Crippen LogP) is 4.34. The van der Waals surface area contributed by atoms with Gasteiger partial charge in [0.15, 0.2) is 5.65 Å². The number of aromatic hydroxyl groups is 1. The number of rotatable bonds is 2. The Labute approximate surface area is 141 Å². The summed E-state index contributed by atoms with van der Waals surface area (Å²) >= 11 is 0. The van der Waals surface area contributed by atoms with E-state index in [1.807, 2.05) is 0 Å². The van der Waals surface area contributed by atoms with E-state index >= 15 is 0 Å². The number of hydrogen-bond donors (Lipinski definition) is 1. The second-order valence-corrected chi connectivity index (χ2v) is 5.45. The SMILES string of the molecule is Oc1ccc2nc(-c3ccc(F)cc3)c(-c3ccc(F)cc3)nc2n1. The Bertz CT molecular complexity index is 1060. The lowest BCUT2D eigenvalue weighted by molar-refractivity contribution is 0.455. The van der Waals surface area contributed by atoms with Gasteiger partial charge in [0.25, 0.3) is 0 Å². The van der Waals surface area contributed by atoms with Crippen LogP contribution in [-0.2, 0) is 0 Å². The highest BCUT2D eigenvalue weighted by atomic mass is 19.1. The number of benzene rings is 2. The summed E-state index contributed by atoms with van der Waals surface area (Å²) < 4.78 is 26.5. The minimum atomic E-state index is -0.364. The Hall–Kier alpha value is -3.41. The number of halogens is 2. The van der Waals surface area contributed by atoms with Crippen molar-refractivity contribution < 1.29 is 13.9 Å². The molecule has 0 aliphatic rings. The molecule has 4 rings (SSSR count). The van der Waals surface area contributed by atoms with E-state index in [9.17, 15) is 13.9 Å². The van der Waals surface area contributed by atoms with Crippen LogP contribution in [0.4, 0.5) is 8.78 Å².